The molecule has 0 heterocycles. The Bertz CT molecular complexity index is 684. The quantitative estimate of drug-likeness (QED) is 0.779. The number of halogens is 2. The van der Waals surface area contributed by atoms with E-state index in [4.69, 9.17) is 16.3 Å². The van der Waals surface area contributed by atoms with Gasteiger partial charge in [-0.1, -0.05) is 29.8 Å². The van der Waals surface area contributed by atoms with Crippen LogP contribution in [-0.2, 0) is 11.3 Å². The Balaban J connectivity index is 1.91. The number of benzene rings is 2. The molecule has 1 amide bonds. The van der Waals surface area contributed by atoms with E-state index in [1.807, 2.05) is 30.3 Å². The molecule has 0 radical (unpaired) electrons. The van der Waals surface area contributed by atoms with Crippen LogP contribution in [0.25, 0.3) is 6.08 Å². The topological polar surface area (TPSA) is 38.3 Å². The van der Waals surface area contributed by atoms with E-state index in [1.54, 1.807) is 25.3 Å². The van der Waals surface area contributed by atoms with Gasteiger partial charge in [-0.25, -0.2) is 0 Å². The predicted octanol–water partition coefficient (Wildman–Crippen LogP) is 4.44. The van der Waals surface area contributed by atoms with Gasteiger partial charge < -0.3 is 10.1 Å². The van der Waals surface area contributed by atoms with Crippen molar-refractivity contribution in [3.05, 3.63) is 69.2 Å². The zero-order chi connectivity index (χ0) is 15.9. The molecule has 0 saturated carbocycles. The summed E-state index contributed by atoms with van der Waals surface area (Å²) in [5, 5.41) is 3.50. The molecule has 0 unspecified atom stereocenters. The average Bonchev–Trinajstić information content (AvgIpc) is 2.52. The molecule has 2 rings (SSSR count). The summed E-state index contributed by atoms with van der Waals surface area (Å²) in [6, 6.07) is 13.0. The molecule has 5 heteroatoms. The van der Waals surface area contributed by atoms with Crippen LogP contribution in [0.2, 0.25) is 5.02 Å². The molecule has 2 aromatic rings. The Kier molecular flexibility index (Phi) is 6.04. The van der Waals surface area contributed by atoms with Gasteiger partial charge in [-0.3, -0.25) is 4.79 Å². The molecule has 114 valence electrons. The van der Waals surface area contributed by atoms with Gasteiger partial charge in [0.15, 0.2) is 0 Å². The van der Waals surface area contributed by atoms with Crippen molar-refractivity contribution < 1.29 is 9.53 Å². The van der Waals surface area contributed by atoms with Crippen LogP contribution >= 0.6 is 27.5 Å². The van der Waals surface area contributed by atoms with Crippen molar-refractivity contribution in [2.24, 2.45) is 0 Å². The number of rotatable bonds is 5. The molecule has 22 heavy (non-hydrogen) atoms. The Morgan fingerprint density at radius 2 is 2.00 bits per heavy atom. The van der Waals surface area contributed by atoms with Gasteiger partial charge in [-0.2, -0.15) is 0 Å². The Morgan fingerprint density at radius 1 is 1.27 bits per heavy atom. The first kappa shape index (κ1) is 16.6. The second-order valence-corrected chi connectivity index (χ2v) is 5.86. The summed E-state index contributed by atoms with van der Waals surface area (Å²) in [5.74, 6) is 0.603. The fourth-order valence-electron chi connectivity index (χ4n) is 1.81. The number of carbonyl (C=O) groups excluding carboxylic acids is 1. The minimum Gasteiger partial charge on any atom is -0.496 e. The lowest BCUT2D eigenvalue weighted by atomic mass is 10.2. The molecular weight excluding hydrogens is 366 g/mol. The third kappa shape index (κ3) is 4.90. The third-order valence-electron chi connectivity index (χ3n) is 2.98. The largest absolute Gasteiger partial charge is 0.496 e. The molecule has 0 aliphatic heterocycles. The van der Waals surface area contributed by atoms with Crippen LogP contribution in [-0.4, -0.2) is 13.0 Å². The third-order valence-corrected chi connectivity index (χ3v) is 3.85. The SMILES string of the molecule is COc1ccc(/C=C\C(=O)NCc2ccc(Cl)cc2)cc1Br. The molecule has 2 aromatic carbocycles. The van der Waals surface area contributed by atoms with Crippen LogP contribution in [0.15, 0.2) is 53.0 Å². The molecule has 0 aliphatic carbocycles. The first-order chi connectivity index (χ1) is 10.6. The van der Waals surface area contributed by atoms with E-state index < -0.39 is 0 Å². The Labute approximate surface area is 143 Å². The lowest BCUT2D eigenvalue weighted by Gasteiger charge is -2.04. The maximum absolute atomic E-state index is 11.8. The van der Waals surface area contributed by atoms with Crippen molar-refractivity contribution in [3.8, 4) is 5.75 Å². The van der Waals surface area contributed by atoms with Gasteiger partial charge in [-0.05, 0) is 57.4 Å². The summed E-state index contributed by atoms with van der Waals surface area (Å²) in [5.41, 5.74) is 1.91. The number of hydrogen-bond acceptors (Lipinski definition) is 2. The zero-order valence-corrected chi connectivity index (χ0v) is 14.3. The maximum Gasteiger partial charge on any atom is 0.244 e. The summed E-state index contributed by atoms with van der Waals surface area (Å²) >= 11 is 9.23. The Hall–Kier alpha value is -1.78. The molecule has 1 N–H and O–H groups in total. The molecule has 0 aliphatic rings. The minimum atomic E-state index is -0.151. The minimum absolute atomic E-state index is 0.151. The lowest BCUT2D eigenvalue weighted by molar-refractivity contribution is -0.116. The van der Waals surface area contributed by atoms with E-state index in [9.17, 15) is 4.79 Å². The monoisotopic (exact) mass is 379 g/mol. The van der Waals surface area contributed by atoms with Crippen LogP contribution in [0.3, 0.4) is 0 Å². The van der Waals surface area contributed by atoms with E-state index >= 15 is 0 Å². The second-order valence-electron chi connectivity index (χ2n) is 4.57. The van der Waals surface area contributed by atoms with Crippen molar-refractivity contribution >= 4 is 39.5 Å². The highest BCUT2D eigenvalue weighted by atomic mass is 79.9. The fourth-order valence-corrected chi connectivity index (χ4v) is 2.49. The van der Waals surface area contributed by atoms with E-state index in [0.717, 1.165) is 21.3 Å². The van der Waals surface area contributed by atoms with Gasteiger partial charge in [0, 0.05) is 17.6 Å². The van der Waals surface area contributed by atoms with Gasteiger partial charge in [0.25, 0.3) is 0 Å². The van der Waals surface area contributed by atoms with Crippen LogP contribution < -0.4 is 10.1 Å². The van der Waals surface area contributed by atoms with Crippen LogP contribution in [0.1, 0.15) is 11.1 Å². The summed E-state index contributed by atoms with van der Waals surface area (Å²) < 4.78 is 6.01. The van der Waals surface area contributed by atoms with Crippen molar-refractivity contribution in [3.63, 3.8) is 0 Å². The van der Waals surface area contributed by atoms with Gasteiger partial charge >= 0.3 is 0 Å². The van der Waals surface area contributed by atoms with E-state index in [0.29, 0.717) is 11.6 Å². The molecule has 3 nitrogen and oxygen atoms in total. The molecular formula is C17H15BrClNO2. The number of carbonyl (C=O) groups is 1. The summed E-state index contributed by atoms with van der Waals surface area (Å²) in [6.45, 7) is 0.465. The van der Waals surface area contributed by atoms with Crippen molar-refractivity contribution in [1.82, 2.24) is 5.32 Å². The maximum atomic E-state index is 11.8. The van der Waals surface area contributed by atoms with E-state index in [-0.39, 0.29) is 5.91 Å². The zero-order valence-electron chi connectivity index (χ0n) is 12.0. The van der Waals surface area contributed by atoms with E-state index in [1.165, 1.54) is 6.08 Å². The van der Waals surface area contributed by atoms with Gasteiger partial charge in [-0.15, -0.1) is 0 Å². The van der Waals surface area contributed by atoms with Crippen molar-refractivity contribution in [2.45, 2.75) is 6.54 Å². The summed E-state index contributed by atoms with van der Waals surface area (Å²) in [6.07, 6.45) is 3.26. The highest BCUT2D eigenvalue weighted by Gasteiger charge is 2.00. The first-order valence-corrected chi connectivity index (χ1v) is 7.79. The standard InChI is InChI=1S/C17H15BrClNO2/c1-22-16-8-4-12(10-15(16)18)5-9-17(21)20-11-13-2-6-14(19)7-3-13/h2-10H,11H2,1H3,(H,20,21)/b9-5-. The highest BCUT2D eigenvalue weighted by Crippen LogP contribution is 2.25. The number of ether oxygens (including phenoxy) is 1. The second kappa shape index (κ2) is 8.01. The smallest absolute Gasteiger partial charge is 0.244 e. The molecule has 0 bridgehead atoms. The molecule has 0 saturated heterocycles. The number of amides is 1. The Morgan fingerprint density at radius 3 is 2.64 bits per heavy atom. The summed E-state index contributed by atoms with van der Waals surface area (Å²) in [7, 11) is 1.61. The fraction of sp³-hybridized carbons (Fsp3) is 0.118. The average molecular weight is 381 g/mol. The van der Waals surface area contributed by atoms with Gasteiger partial charge in [0.2, 0.25) is 5.91 Å². The molecule has 0 atom stereocenters. The van der Waals surface area contributed by atoms with Crippen LogP contribution in [0.4, 0.5) is 0 Å². The number of hydrogen-bond donors (Lipinski definition) is 1. The van der Waals surface area contributed by atoms with E-state index in [2.05, 4.69) is 21.2 Å². The number of nitrogens with one attached hydrogen (secondary N) is 1. The van der Waals surface area contributed by atoms with Crippen molar-refractivity contribution in [2.75, 3.05) is 7.11 Å². The van der Waals surface area contributed by atoms with Gasteiger partial charge in [0.05, 0.1) is 11.6 Å². The predicted molar refractivity (Wildman–Crippen MR) is 93.0 cm³/mol. The lowest BCUT2D eigenvalue weighted by Crippen LogP contribution is -2.20. The molecule has 0 aromatic heterocycles. The normalized spacial score (nSPS) is 10.7. The number of methoxy groups -OCH3 is 1. The van der Waals surface area contributed by atoms with Crippen molar-refractivity contribution in [1.29, 1.82) is 0 Å². The molecule has 0 fully saturated rings. The van der Waals surface area contributed by atoms with Crippen LogP contribution in [0, 0.1) is 0 Å². The van der Waals surface area contributed by atoms with Crippen LogP contribution in [0.5, 0.6) is 5.75 Å². The first-order valence-electron chi connectivity index (χ1n) is 6.62. The molecule has 0 spiro atoms. The van der Waals surface area contributed by atoms with Gasteiger partial charge in [0.1, 0.15) is 5.75 Å². The highest BCUT2D eigenvalue weighted by molar-refractivity contribution is 9.10. The summed E-state index contributed by atoms with van der Waals surface area (Å²) in [4.78, 5) is 11.8.